The minimum atomic E-state index is 0.00373. The van der Waals surface area contributed by atoms with Crippen molar-refractivity contribution in [3.8, 4) is 57.4 Å². The molecule has 4 heterocycles. The molecule has 4 aromatic carbocycles. The van der Waals surface area contributed by atoms with Gasteiger partial charge in [-0.25, -0.2) is 9.97 Å². The number of aromatic nitrogens is 4. The highest BCUT2D eigenvalue weighted by atomic mass is 16.7. The van der Waals surface area contributed by atoms with Gasteiger partial charge in [-0.3, -0.25) is 9.97 Å². The normalized spacial score (nSPS) is 11.0. The number of methoxy groups -OCH3 is 5. The summed E-state index contributed by atoms with van der Waals surface area (Å²) < 4.78 is 44.2. The number of phenols is 1. The number of nitrogens with one attached hydrogen (secondary N) is 2. The van der Waals surface area contributed by atoms with Gasteiger partial charge in [0.2, 0.25) is 11.8 Å². The molecule has 0 aliphatic heterocycles. The van der Waals surface area contributed by atoms with Crippen LogP contribution in [0.25, 0.3) is 45.1 Å². The lowest BCUT2D eigenvalue weighted by Crippen LogP contribution is -2.13. The Labute approximate surface area is 352 Å². The third-order valence-electron chi connectivity index (χ3n) is 9.48. The molecule has 0 bridgehead atoms. The maximum absolute atomic E-state index is 10.4. The maximum Gasteiger partial charge on any atom is 0.231 e. The first-order valence-electron chi connectivity index (χ1n) is 19.2. The number of fused-ring (bicyclic) bond motifs is 2. The molecule has 0 amide bonds. The number of hydrogen-bond donors (Lipinski definition) is 3. The molecule has 4 aromatic heterocycles. The summed E-state index contributed by atoms with van der Waals surface area (Å²) >= 11 is 0. The van der Waals surface area contributed by atoms with Crippen LogP contribution in [-0.2, 0) is 30.9 Å². The summed E-state index contributed by atoms with van der Waals surface area (Å²) in [5, 5.41) is 17.2. The van der Waals surface area contributed by atoms with Crippen LogP contribution in [0.2, 0.25) is 0 Å². The van der Waals surface area contributed by atoms with Gasteiger partial charge in [0, 0.05) is 69.9 Å². The van der Waals surface area contributed by atoms with Crippen LogP contribution >= 0.6 is 0 Å². The third-order valence-corrected chi connectivity index (χ3v) is 9.48. The van der Waals surface area contributed by atoms with E-state index in [1.807, 2.05) is 72.8 Å². The summed E-state index contributed by atoms with van der Waals surface area (Å²) in [5.74, 6) is 3.27. The molecule has 0 aliphatic rings. The van der Waals surface area contributed by atoms with Crippen LogP contribution < -0.4 is 34.3 Å². The number of phenolic OH excluding ortho intramolecular Hbond substituents is 1. The lowest BCUT2D eigenvalue weighted by Gasteiger charge is -2.13. The van der Waals surface area contributed by atoms with Crippen molar-refractivity contribution in [1.82, 2.24) is 30.6 Å². The number of rotatable bonds is 17. The van der Waals surface area contributed by atoms with Gasteiger partial charge in [-0.1, -0.05) is 36.4 Å². The SMILES string of the molecule is COCOc1cc(OC)c(OC)cc1-c1nc2c(CNCc3ccccn3)cccc2o1.COc1cc(O)c(-c2nc3c(CNCc4ccccn4)cccc3o2)cc1OC. The van der Waals surface area contributed by atoms with Gasteiger partial charge in [0.05, 0.1) is 51.0 Å². The second kappa shape index (κ2) is 20.2. The van der Waals surface area contributed by atoms with Gasteiger partial charge in [-0.2, -0.15) is 0 Å². The average molecular weight is 827 g/mol. The van der Waals surface area contributed by atoms with Crippen molar-refractivity contribution in [3.05, 3.63) is 132 Å². The van der Waals surface area contributed by atoms with Crippen LogP contribution in [0, 0.1) is 0 Å². The Morgan fingerprint density at radius 1 is 0.525 bits per heavy atom. The fraction of sp³-hybridized carbons (Fsp3) is 0.217. The topological polar surface area (TPSA) is 178 Å². The molecular weight excluding hydrogens is 781 g/mol. The molecule has 15 nitrogen and oxygen atoms in total. The standard InChI is InChI=1S/C24H25N3O5.C22H21N3O4/c1-28-15-31-20-12-22(30-3)21(29-2)11-18(20)24-27-23-16(7-6-9-19(23)32-24)13-25-14-17-8-4-5-10-26-17;1-27-19-10-16(17(26)11-20(19)28-2)22-25-21-14(6-5-8-18(21)29-22)12-23-13-15-7-3-4-9-24-15/h4-12,25H,13-15H2,1-3H3;3-11,23,26H,12-13H2,1-2H3. The summed E-state index contributed by atoms with van der Waals surface area (Å²) in [7, 11) is 7.76. The van der Waals surface area contributed by atoms with E-state index in [4.69, 9.17) is 42.2 Å². The molecule has 0 aliphatic carbocycles. The van der Waals surface area contributed by atoms with E-state index < -0.39 is 0 Å². The first kappa shape index (κ1) is 41.9. The van der Waals surface area contributed by atoms with Crippen LogP contribution in [0.3, 0.4) is 0 Å². The summed E-state index contributed by atoms with van der Waals surface area (Å²) in [6.07, 6.45) is 3.56. The zero-order valence-corrected chi connectivity index (χ0v) is 34.4. The number of oxazole rings is 2. The van der Waals surface area contributed by atoms with Crippen LogP contribution in [0.15, 0.2) is 118 Å². The predicted molar refractivity (Wildman–Crippen MR) is 229 cm³/mol. The quantitative estimate of drug-likeness (QED) is 0.0750. The van der Waals surface area contributed by atoms with E-state index in [9.17, 15) is 5.11 Å². The predicted octanol–water partition coefficient (Wildman–Crippen LogP) is 8.08. The summed E-state index contributed by atoms with van der Waals surface area (Å²) in [5.41, 5.74) is 7.89. The highest BCUT2D eigenvalue weighted by Crippen LogP contribution is 2.42. The molecule has 0 radical (unpaired) electrons. The third kappa shape index (κ3) is 9.99. The monoisotopic (exact) mass is 826 g/mol. The lowest BCUT2D eigenvalue weighted by atomic mass is 10.1. The number of hydrogen-bond acceptors (Lipinski definition) is 15. The van der Waals surface area contributed by atoms with Crippen LogP contribution in [-0.4, -0.2) is 67.4 Å². The molecule has 61 heavy (non-hydrogen) atoms. The summed E-state index contributed by atoms with van der Waals surface area (Å²) in [4.78, 5) is 18.0. The Balaban J connectivity index is 0.000000185. The van der Waals surface area contributed by atoms with E-state index in [0.29, 0.717) is 89.0 Å². The highest BCUT2D eigenvalue weighted by Gasteiger charge is 2.21. The molecule has 0 fully saturated rings. The molecule has 0 spiro atoms. The Morgan fingerprint density at radius 2 is 1.02 bits per heavy atom. The number of pyridine rings is 2. The zero-order valence-electron chi connectivity index (χ0n) is 34.4. The molecule has 8 rings (SSSR count). The smallest absolute Gasteiger partial charge is 0.231 e. The molecule has 0 saturated carbocycles. The highest BCUT2D eigenvalue weighted by molar-refractivity contribution is 5.82. The van der Waals surface area contributed by atoms with Crippen molar-refractivity contribution in [2.45, 2.75) is 26.2 Å². The maximum atomic E-state index is 10.4. The lowest BCUT2D eigenvalue weighted by molar-refractivity contribution is 0.0512. The average Bonchev–Trinajstić information content (AvgIpc) is 3.95. The van der Waals surface area contributed by atoms with E-state index in [2.05, 4.69) is 25.6 Å². The van der Waals surface area contributed by atoms with Crippen molar-refractivity contribution in [2.75, 3.05) is 42.3 Å². The molecule has 0 atom stereocenters. The van der Waals surface area contributed by atoms with Gasteiger partial charge in [0.15, 0.2) is 41.0 Å². The second-order valence-corrected chi connectivity index (χ2v) is 13.4. The molecule has 8 aromatic rings. The fourth-order valence-corrected chi connectivity index (χ4v) is 6.49. The first-order valence-corrected chi connectivity index (χ1v) is 19.2. The largest absolute Gasteiger partial charge is 0.507 e. The Kier molecular flexibility index (Phi) is 13.9. The first-order chi connectivity index (χ1) is 29.9. The van der Waals surface area contributed by atoms with Crippen LogP contribution in [0.5, 0.6) is 34.5 Å². The van der Waals surface area contributed by atoms with E-state index >= 15 is 0 Å². The van der Waals surface area contributed by atoms with Crippen molar-refractivity contribution >= 4 is 22.2 Å². The molecule has 3 N–H and O–H groups in total. The number of ether oxygens (including phenoxy) is 6. The van der Waals surface area contributed by atoms with E-state index in [-0.39, 0.29) is 12.5 Å². The Hall–Kier alpha value is -7.20. The molecule has 314 valence electrons. The van der Waals surface area contributed by atoms with E-state index in [1.54, 1.807) is 51.9 Å². The number of aromatic hydroxyl groups is 1. The Bertz CT molecular complexity index is 2670. The van der Waals surface area contributed by atoms with Crippen molar-refractivity contribution in [2.24, 2.45) is 0 Å². The summed E-state index contributed by atoms with van der Waals surface area (Å²) in [6, 6.07) is 30.0. The Morgan fingerprint density at radius 3 is 1.51 bits per heavy atom. The molecule has 0 saturated heterocycles. The number of nitrogens with zero attached hydrogens (tertiary/aromatic N) is 4. The minimum Gasteiger partial charge on any atom is -0.507 e. The van der Waals surface area contributed by atoms with Crippen molar-refractivity contribution in [3.63, 3.8) is 0 Å². The molecule has 0 unspecified atom stereocenters. The van der Waals surface area contributed by atoms with Gasteiger partial charge < -0.3 is 53.0 Å². The second-order valence-electron chi connectivity index (χ2n) is 13.4. The van der Waals surface area contributed by atoms with Gasteiger partial charge in [-0.15, -0.1) is 0 Å². The van der Waals surface area contributed by atoms with Crippen LogP contribution in [0.1, 0.15) is 22.5 Å². The summed E-state index contributed by atoms with van der Waals surface area (Å²) in [6.45, 7) is 2.62. The van der Waals surface area contributed by atoms with Crippen molar-refractivity contribution in [1.29, 1.82) is 0 Å². The van der Waals surface area contributed by atoms with Gasteiger partial charge in [0.25, 0.3) is 0 Å². The van der Waals surface area contributed by atoms with E-state index in [1.165, 1.54) is 20.3 Å². The number of benzene rings is 4. The minimum absolute atomic E-state index is 0.00373. The van der Waals surface area contributed by atoms with Gasteiger partial charge in [0.1, 0.15) is 22.5 Å². The van der Waals surface area contributed by atoms with Gasteiger partial charge in [-0.05, 0) is 47.5 Å². The number of para-hydroxylation sites is 2. The van der Waals surface area contributed by atoms with E-state index in [0.717, 1.165) is 33.5 Å². The van der Waals surface area contributed by atoms with Gasteiger partial charge >= 0.3 is 0 Å². The molecule has 15 heteroatoms. The fourth-order valence-electron chi connectivity index (χ4n) is 6.49. The van der Waals surface area contributed by atoms with Crippen LogP contribution in [0.4, 0.5) is 0 Å². The molecular formula is C46H46N6O9. The zero-order chi connectivity index (χ0) is 42.6. The van der Waals surface area contributed by atoms with Crippen molar-refractivity contribution < 1.29 is 42.4 Å².